The Morgan fingerprint density at radius 2 is 1.75 bits per heavy atom. The number of hydrogen-bond acceptors (Lipinski definition) is 8. The Labute approximate surface area is 227 Å². The fraction of sp³-hybridized carbons (Fsp3) is 0.333. The first-order valence-corrected chi connectivity index (χ1v) is 13.4. The number of phosphoric acid groups is 1. The second-order valence-corrected chi connectivity index (χ2v) is 10.7. The lowest BCUT2D eigenvalue weighted by Gasteiger charge is -2.21. The van der Waals surface area contributed by atoms with E-state index in [0.29, 0.717) is 31.9 Å². The van der Waals surface area contributed by atoms with Crippen molar-refractivity contribution in [2.75, 3.05) is 6.61 Å². The zero-order valence-electron chi connectivity index (χ0n) is 19.2. The number of hydrogen-bond donors (Lipinski definition) is 3. The molecular weight excluding hydrogens is 579 g/mol. The van der Waals surface area contributed by atoms with E-state index in [4.69, 9.17) is 48.2 Å². The van der Waals surface area contributed by atoms with Crippen LogP contribution >= 0.6 is 54.8 Å². The van der Waals surface area contributed by atoms with Crippen LogP contribution in [0.3, 0.4) is 0 Å². The van der Waals surface area contributed by atoms with Gasteiger partial charge in [0.2, 0.25) is 0 Å². The third-order valence-electron chi connectivity index (χ3n) is 4.56. The number of ether oxygens (including phenoxy) is 2. The Bertz CT molecular complexity index is 1250. The minimum Gasteiger partial charge on any atom is -0.489 e. The van der Waals surface area contributed by atoms with Crippen LogP contribution in [-0.2, 0) is 9.09 Å². The molecule has 0 aliphatic carbocycles. The largest absolute Gasteiger partial charge is 0.489 e. The summed E-state index contributed by atoms with van der Waals surface area (Å²) in [6.45, 7) is 4.89. The average molecular weight is 603 g/mol. The van der Waals surface area contributed by atoms with E-state index in [1.165, 1.54) is 24.3 Å². The molecule has 0 radical (unpaired) electrons. The molecule has 0 saturated carbocycles. The molecule has 0 unspecified atom stereocenters. The van der Waals surface area contributed by atoms with Crippen LogP contribution in [0.1, 0.15) is 20.8 Å². The normalized spacial score (nSPS) is 13.3. The van der Waals surface area contributed by atoms with E-state index >= 15 is 0 Å². The summed E-state index contributed by atoms with van der Waals surface area (Å²) in [6.07, 6.45) is -1.06. The highest BCUT2D eigenvalue weighted by molar-refractivity contribution is 7.46. The molecule has 0 amide bonds. The molecule has 1 aromatic heterocycles. The van der Waals surface area contributed by atoms with Crippen LogP contribution in [0.4, 0.5) is 4.39 Å². The molecule has 0 aliphatic rings. The predicted molar refractivity (Wildman–Crippen MR) is 140 cm³/mol. The van der Waals surface area contributed by atoms with Crippen molar-refractivity contribution >= 4 is 54.8 Å². The van der Waals surface area contributed by atoms with Gasteiger partial charge in [-0.2, -0.15) is 0 Å². The molecule has 0 bridgehead atoms. The third kappa shape index (κ3) is 8.24. The van der Waals surface area contributed by atoms with E-state index < -0.39 is 25.8 Å². The van der Waals surface area contributed by atoms with Crippen LogP contribution in [0.5, 0.6) is 11.5 Å². The first-order chi connectivity index (χ1) is 16.3. The van der Waals surface area contributed by atoms with Crippen molar-refractivity contribution in [2.24, 2.45) is 5.73 Å². The van der Waals surface area contributed by atoms with Crippen molar-refractivity contribution in [2.45, 2.75) is 39.0 Å². The number of halogens is 4. The summed E-state index contributed by atoms with van der Waals surface area (Å²) in [5.41, 5.74) is 6.83. The lowest BCUT2D eigenvalue weighted by molar-refractivity contribution is 0.106. The maximum Gasteiger partial charge on any atom is 0.469 e. The molecule has 198 valence electrons. The molecule has 0 aliphatic heterocycles. The first-order valence-electron chi connectivity index (χ1n) is 10.3. The van der Waals surface area contributed by atoms with Crippen LogP contribution in [0.25, 0.3) is 21.1 Å². The molecule has 3 aromatic rings. The highest BCUT2D eigenvalue weighted by atomic mass is 35.5. The van der Waals surface area contributed by atoms with Gasteiger partial charge in [-0.1, -0.05) is 34.5 Å². The maximum absolute atomic E-state index is 14.7. The summed E-state index contributed by atoms with van der Waals surface area (Å²) >= 11 is 13.9. The van der Waals surface area contributed by atoms with Crippen LogP contribution in [-0.4, -0.2) is 44.8 Å². The Morgan fingerprint density at radius 3 is 2.36 bits per heavy atom. The predicted octanol–water partition coefficient (Wildman–Crippen LogP) is 5.73. The van der Waals surface area contributed by atoms with Crippen molar-refractivity contribution in [3.8, 4) is 32.6 Å². The van der Waals surface area contributed by atoms with Gasteiger partial charge in [0.05, 0.1) is 28.3 Å². The van der Waals surface area contributed by atoms with Gasteiger partial charge in [0, 0.05) is 17.2 Å². The van der Waals surface area contributed by atoms with Crippen LogP contribution in [0.2, 0.25) is 10.0 Å². The Kier molecular flexibility index (Phi) is 10.9. The van der Waals surface area contributed by atoms with Gasteiger partial charge in [-0.25, -0.2) is 8.96 Å². The van der Waals surface area contributed by atoms with Gasteiger partial charge in [0.25, 0.3) is 0 Å². The van der Waals surface area contributed by atoms with Gasteiger partial charge in [0.15, 0.2) is 11.6 Å². The molecule has 0 fully saturated rings. The Balaban J connectivity index is 0.00000456. The lowest BCUT2D eigenvalue weighted by Crippen LogP contribution is -2.39. The number of nitrogens with two attached hydrogens (primary N) is 1. The summed E-state index contributed by atoms with van der Waals surface area (Å²) in [4.78, 5) is 17.7. The molecule has 1 heterocycles. The third-order valence-corrected chi connectivity index (χ3v) is 6.78. The summed E-state index contributed by atoms with van der Waals surface area (Å²) in [5, 5.41) is 9.81. The summed E-state index contributed by atoms with van der Waals surface area (Å²) in [7, 11) is -4.72. The molecule has 9 nitrogen and oxygen atoms in total. The highest BCUT2D eigenvalue weighted by Gasteiger charge is 2.25. The monoisotopic (exact) mass is 601 g/mol. The van der Waals surface area contributed by atoms with Crippen molar-refractivity contribution < 1.29 is 32.7 Å². The van der Waals surface area contributed by atoms with Crippen LogP contribution < -0.4 is 15.2 Å². The van der Waals surface area contributed by atoms with E-state index in [-0.39, 0.29) is 35.9 Å². The van der Waals surface area contributed by atoms with Gasteiger partial charge in [-0.05, 0) is 45.0 Å². The Morgan fingerprint density at radius 1 is 1.08 bits per heavy atom. The minimum atomic E-state index is -4.72. The van der Waals surface area contributed by atoms with E-state index in [0.717, 1.165) is 6.07 Å². The van der Waals surface area contributed by atoms with Gasteiger partial charge < -0.3 is 25.0 Å². The van der Waals surface area contributed by atoms with Crippen molar-refractivity contribution in [3.05, 3.63) is 46.2 Å². The van der Waals surface area contributed by atoms with E-state index in [1.54, 1.807) is 18.2 Å². The number of nitrogens with zero attached hydrogens (tertiary/aromatic N) is 2. The zero-order chi connectivity index (χ0) is 25.9. The first kappa shape index (κ1) is 30.7. The summed E-state index contributed by atoms with van der Waals surface area (Å²) < 4.78 is 41.1. The fourth-order valence-electron chi connectivity index (χ4n) is 2.85. The fourth-order valence-corrected chi connectivity index (χ4v) is 4.84. The Hall–Kier alpha value is -1.53. The molecule has 3 rings (SSSR count). The van der Waals surface area contributed by atoms with Crippen LogP contribution in [0.15, 0.2) is 30.3 Å². The van der Waals surface area contributed by atoms with Crippen molar-refractivity contribution in [1.82, 2.24) is 10.2 Å². The van der Waals surface area contributed by atoms with E-state index in [1.807, 2.05) is 13.8 Å². The van der Waals surface area contributed by atoms with Gasteiger partial charge >= 0.3 is 7.82 Å². The van der Waals surface area contributed by atoms with Gasteiger partial charge in [-0.3, -0.25) is 4.52 Å². The quantitative estimate of drug-likeness (QED) is 0.248. The molecule has 2 atom stereocenters. The minimum absolute atomic E-state index is 0. The molecule has 36 heavy (non-hydrogen) atoms. The second kappa shape index (κ2) is 12.8. The molecule has 4 N–H and O–H groups in total. The van der Waals surface area contributed by atoms with Crippen molar-refractivity contribution in [3.63, 3.8) is 0 Å². The second-order valence-electron chi connectivity index (χ2n) is 7.76. The maximum atomic E-state index is 14.7. The number of rotatable bonds is 10. The lowest BCUT2D eigenvalue weighted by atomic mass is 10.2. The van der Waals surface area contributed by atoms with Crippen LogP contribution in [0, 0.1) is 5.82 Å². The molecule has 0 saturated heterocycles. The topological polar surface area (TPSA) is 137 Å². The van der Waals surface area contributed by atoms with E-state index in [9.17, 15) is 8.96 Å². The highest BCUT2D eigenvalue weighted by Crippen LogP contribution is 2.39. The number of aromatic nitrogens is 2. The number of phosphoric ester groups is 1. The average Bonchev–Trinajstić information content (AvgIpc) is 3.23. The number of benzene rings is 2. The van der Waals surface area contributed by atoms with Gasteiger partial charge in [-0.15, -0.1) is 22.6 Å². The molecule has 0 spiro atoms. The smallest absolute Gasteiger partial charge is 0.469 e. The molecule has 15 heteroatoms. The van der Waals surface area contributed by atoms with Crippen molar-refractivity contribution in [1.29, 1.82) is 0 Å². The zero-order valence-corrected chi connectivity index (χ0v) is 23.3. The standard InChI is InChI=1S/C21H23Cl2FN3O6PS.ClH/c1-10(2)32-18-5-4-12(6-15(18)23)20-26-27-21(35-20)13-7-16(24)19(8-14(13)22)31-9-17(25)11(3)33-34(28,29)30;/h4-8,10-11,17H,9,25H2,1-3H3,(H2,28,29,30);1H/t11-,17+;/m1./s1. The summed E-state index contributed by atoms with van der Waals surface area (Å²) in [6, 6.07) is 6.75. The molecular formula is C21H24Cl3FN3O6PS. The molecule has 2 aromatic carbocycles. The SMILES string of the molecule is CC(C)Oc1ccc(-c2nnc(-c3cc(F)c(OC[C@H](N)[C@@H](C)OP(=O)(O)O)cc3Cl)s2)cc1Cl.Cl. The van der Waals surface area contributed by atoms with Gasteiger partial charge in [0.1, 0.15) is 22.4 Å². The summed E-state index contributed by atoms with van der Waals surface area (Å²) in [5.74, 6) is -0.358. The van der Waals surface area contributed by atoms with E-state index in [2.05, 4.69) is 14.7 Å².